The van der Waals surface area contributed by atoms with Gasteiger partial charge in [0.15, 0.2) is 5.82 Å². The number of carbonyl (C=O) groups is 1. The van der Waals surface area contributed by atoms with E-state index in [1.54, 1.807) is 0 Å². The van der Waals surface area contributed by atoms with E-state index in [-0.39, 0.29) is 5.92 Å². The number of hydrogen-bond donors (Lipinski definition) is 1. The average molecular weight is 293 g/mol. The zero-order valence-corrected chi connectivity index (χ0v) is 12.7. The molecule has 0 unspecified atom stereocenters. The highest BCUT2D eigenvalue weighted by atomic mass is 16.5. The fourth-order valence-corrected chi connectivity index (χ4v) is 3.75. The first kappa shape index (κ1) is 14.5. The monoisotopic (exact) mass is 293 g/mol. The first-order valence-corrected chi connectivity index (χ1v) is 7.87. The van der Waals surface area contributed by atoms with Crippen LogP contribution < -0.4 is 0 Å². The predicted octanol–water partition coefficient (Wildman–Crippen LogP) is 2.41. The number of nitrogens with zero attached hydrogens (tertiary/aromatic N) is 3. The van der Waals surface area contributed by atoms with E-state index in [2.05, 4.69) is 15.0 Å². The van der Waals surface area contributed by atoms with Crippen molar-refractivity contribution in [2.75, 3.05) is 0 Å². The normalized spacial score (nSPS) is 29.8. The molecule has 1 saturated carbocycles. The first-order valence-electron chi connectivity index (χ1n) is 7.87. The Balaban J connectivity index is 1.78. The Bertz CT molecular complexity index is 514. The quantitative estimate of drug-likeness (QED) is 0.918. The van der Waals surface area contributed by atoms with Crippen LogP contribution in [-0.4, -0.2) is 38.2 Å². The number of carboxylic acids is 1. The molecule has 3 rings (SSSR count). The Morgan fingerprint density at radius 2 is 2.19 bits per heavy atom. The van der Waals surface area contributed by atoms with Gasteiger partial charge in [-0.1, -0.05) is 31.8 Å². The summed E-state index contributed by atoms with van der Waals surface area (Å²) in [5.41, 5.74) is 0. The molecule has 0 amide bonds. The third-order valence-corrected chi connectivity index (χ3v) is 4.82. The van der Waals surface area contributed by atoms with Gasteiger partial charge in [0.05, 0.1) is 6.54 Å². The Morgan fingerprint density at radius 1 is 1.43 bits per heavy atom. The fourth-order valence-electron chi connectivity index (χ4n) is 3.75. The molecule has 6 nitrogen and oxygen atoms in total. The molecule has 6 heteroatoms. The summed E-state index contributed by atoms with van der Waals surface area (Å²) in [5, 5.41) is 13.5. The number of rotatable bonds is 4. The number of likely N-dealkylation sites (tertiary alicyclic amines) is 1. The lowest BCUT2D eigenvalue weighted by molar-refractivity contribution is -0.143. The molecule has 1 aromatic rings. The second kappa shape index (κ2) is 5.75. The minimum Gasteiger partial charge on any atom is -0.480 e. The maximum atomic E-state index is 11.6. The smallest absolute Gasteiger partial charge is 0.320 e. The average Bonchev–Trinajstić information content (AvgIpc) is 3.05. The van der Waals surface area contributed by atoms with E-state index >= 15 is 0 Å². The van der Waals surface area contributed by atoms with Gasteiger partial charge < -0.3 is 9.63 Å². The summed E-state index contributed by atoms with van der Waals surface area (Å²) >= 11 is 0. The van der Waals surface area contributed by atoms with Gasteiger partial charge in [-0.25, -0.2) is 0 Å². The highest BCUT2D eigenvalue weighted by Gasteiger charge is 2.45. The van der Waals surface area contributed by atoms with Crippen LogP contribution in [0.15, 0.2) is 4.52 Å². The van der Waals surface area contributed by atoms with Gasteiger partial charge in [0, 0.05) is 12.0 Å². The van der Waals surface area contributed by atoms with Crippen molar-refractivity contribution >= 4 is 5.97 Å². The van der Waals surface area contributed by atoms with E-state index in [1.807, 2.05) is 13.8 Å². The summed E-state index contributed by atoms with van der Waals surface area (Å²) in [5.74, 6) is 1.23. The molecule has 1 aromatic heterocycles. The summed E-state index contributed by atoms with van der Waals surface area (Å²) in [4.78, 5) is 18.0. The summed E-state index contributed by atoms with van der Waals surface area (Å²) in [7, 11) is 0. The lowest BCUT2D eigenvalue weighted by atomic mass is 9.85. The number of hydrogen-bond acceptors (Lipinski definition) is 5. The molecule has 2 heterocycles. The fraction of sp³-hybridized carbons (Fsp3) is 0.800. The lowest BCUT2D eigenvalue weighted by Gasteiger charge is -2.31. The van der Waals surface area contributed by atoms with Crippen molar-refractivity contribution in [1.29, 1.82) is 0 Å². The second-order valence-corrected chi connectivity index (χ2v) is 6.57. The van der Waals surface area contributed by atoms with Gasteiger partial charge in [0.1, 0.15) is 6.04 Å². The van der Waals surface area contributed by atoms with E-state index in [0.717, 1.165) is 19.3 Å². The lowest BCUT2D eigenvalue weighted by Crippen LogP contribution is -2.41. The highest BCUT2D eigenvalue weighted by molar-refractivity contribution is 5.74. The summed E-state index contributed by atoms with van der Waals surface area (Å²) in [6, 6.07) is -0.0539. The molecule has 1 aliphatic heterocycles. The Hall–Kier alpha value is -1.43. The van der Waals surface area contributed by atoms with Crippen LogP contribution >= 0.6 is 0 Å². The van der Waals surface area contributed by atoms with Crippen molar-refractivity contribution in [2.45, 2.75) is 70.5 Å². The summed E-state index contributed by atoms with van der Waals surface area (Å²) < 4.78 is 5.30. The van der Waals surface area contributed by atoms with E-state index in [4.69, 9.17) is 4.52 Å². The zero-order valence-electron chi connectivity index (χ0n) is 12.7. The van der Waals surface area contributed by atoms with Gasteiger partial charge in [-0.3, -0.25) is 9.69 Å². The number of aromatic nitrogens is 2. The second-order valence-electron chi connectivity index (χ2n) is 6.57. The maximum absolute atomic E-state index is 11.6. The molecule has 1 aliphatic carbocycles. The molecule has 2 aliphatic rings. The van der Waals surface area contributed by atoms with Crippen LogP contribution in [0.1, 0.15) is 63.6 Å². The van der Waals surface area contributed by atoms with Crippen molar-refractivity contribution in [1.82, 2.24) is 15.0 Å². The molecule has 21 heavy (non-hydrogen) atoms. The van der Waals surface area contributed by atoms with Gasteiger partial charge in [0.2, 0.25) is 5.89 Å². The predicted molar refractivity (Wildman–Crippen MR) is 75.7 cm³/mol. The molecule has 0 bridgehead atoms. The van der Waals surface area contributed by atoms with Crippen molar-refractivity contribution in [3.8, 4) is 0 Å². The number of aliphatic carboxylic acids is 1. The highest BCUT2D eigenvalue weighted by Crippen LogP contribution is 2.40. The molecule has 0 spiro atoms. The Labute approximate surface area is 124 Å². The summed E-state index contributed by atoms with van der Waals surface area (Å²) in [6.07, 6.45) is 5.39. The van der Waals surface area contributed by atoms with Crippen molar-refractivity contribution in [2.24, 2.45) is 5.92 Å². The molecule has 1 saturated heterocycles. The van der Waals surface area contributed by atoms with Crippen molar-refractivity contribution in [3.05, 3.63) is 11.7 Å². The first-order chi connectivity index (χ1) is 10.1. The van der Waals surface area contributed by atoms with Crippen LogP contribution in [-0.2, 0) is 11.3 Å². The minimum absolute atomic E-state index is 0.221. The summed E-state index contributed by atoms with van der Waals surface area (Å²) in [6.45, 7) is 4.49. The van der Waals surface area contributed by atoms with Crippen LogP contribution in [0.2, 0.25) is 0 Å². The Morgan fingerprint density at radius 3 is 2.86 bits per heavy atom. The number of carboxylic acid groups (broad SMARTS) is 1. The molecule has 3 atom stereocenters. The van der Waals surface area contributed by atoms with Crippen LogP contribution in [0.25, 0.3) is 0 Å². The maximum Gasteiger partial charge on any atom is 0.320 e. The molecule has 0 aromatic carbocycles. The van der Waals surface area contributed by atoms with Crippen molar-refractivity contribution < 1.29 is 14.4 Å². The van der Waals surface area contributed by atoms with Crippen LogP contribution in [0, 0.1) is 5.92 Å². The Kier molecular flexibility index (Phi) is 3.97. The standard InChI is InChI=1S/C15H23N3O3/c1-9(2)14-16-13(21-17-14)8-18-11-6-4-3-5-10(11)7-12(18)15(19)20/h9-12H,3-8H2,1-2H3,(H,19,20)/t10-,11+,12+/m1/s1. The van der Waals surface area contributed by atoms with E-state index in [9.17, 15) is 9.90 Å². The molecule has 2 fully saturated rings. The molecule has 0 radical (unpaired) electrons. The van der Waals surface area contributed by atoms with Crippen LogP contribution in [0.4, 0.5) is 0 Å². The van der Waals surface area contributed by atoms with Gasteiger partial charge in [-0.05, 0) is 25.2 Å². The molecule has 1 N–H and O–H groups in total. The molecular weight excluding hydrogens is 270 g/mol. The van der Waals surface area contributed by atoms with E-state index in [1.165, 1.54) is 12.8 Å². The van der Waals surface area contributed by atoms with Gasteiger partial charge in [-0.2, -0.15) is 4.98 Å². The van der Waals surface area contributed by atoms with E-state index in [0.29, 0.717) is 30.2 Å². The molecular formula is C15H23N3O3. The van der Waals surface area contributed by atoms with Crippen LogP contribution in [0.5, 0.6) is 0 Å². The minimum atomic E-state index is -0.729. The molecule has 116 valence electrons. The third-order valence-electron chi connectivity index (χ3n) is 4.82. The van der Waals surface area contributed by atoms with Gasteiger partial charge in [-0.15, -0.1) is 0 Å². The van der Waals surface area contributed by atoms with Crippen LogP contribution in [0.3, 0.4) is 0 Å². The topological polar surface area (TPSA) is 79.5 Å². The zero-order chi connectivity index (χ0) is 15.0. The van der Waals surface area contributed by atoms with E-state index < -0.39 is 12.0 Å². The largest absolute Gasteiger partial charge is 0.480 e. The SMILES string of the molecule is CC(C)c1noc(CN2[C@H](C(=O)O)C[C@H]3CCCC[C@@H]32)n1. The van der Waals surface area contributed by atoms with Gasteiger partial charge >= 0.3 is 5.97 Å². The third kappa shape index (κ3) is 2.81. The number of fused-ring (bicyclic) bond motifs is 1. The van der Waals surface area contributed by atoms with Crippen molar-refractivity contribution in [3.63, 3.8) is 0 Å². The van der Waals surface area contributed by atoms with Gasteiger partial charge in [0.25, 0.3) is 0 Å².